The van der Waals surface area contributed by atoms with Crippen molar-refractivity contribution in [2.24, 2.45) is 0 Å². The smallest absolute Gasteiger partial charge is 0.295 e. The number of anilines is 1. The first-order valence-corrected chi connectivity index (χ1v) is 10.8. The number of nitrogens with zero attached hydrogens (tertiary/aromatic N) is 1. The number of methoxy groups -OCH3 is 1. The van der Waals surface area contributed by atoms with Gasteiger partial charge in [-0.1, -0.05) is 40.9 Å². The summed E-state index contributed by atoms with van der Waals surface area (Å²) in [6.45, 7) is 0. The quantitative estimate of drug-likeness (QED) is 0.313. The van der Waals surface area contributed by atoms with Gasteiger partial charge in [0, 0.05) is 5.69 Å². The number of carbonyl (C=O) groups excluding carboxylic acids is 1. The zero-order valence-electron chi connectivity index (χ0n) is 16.9. The summed E-state index contributed by atoms with van der Waals surface area (Å²) in [5, 5.41) is 0.870. The Morgan fingerprint density at radius 1 is 0.939 bits per heavy atom. The maximum Gasteiger partial charge on any atom is 0.295 e. The highest BCUT2D eigenvalue weighted by Crippen LogP contribution is 2.43. The minimum Gasteiger partial charge on any atom is -0.495 e. The summed E-state index contributed by atoms with van der Waals surface area (Å²) in [5.74, 6) is -0.859. The third-order valence-electron chi connectivity index (χ3n) is 5.51. The predicted octanol–water partition coefficient (Wildman–Crippen LogP) is 6.65. The molecule has 0 radical (unpaired) electrons. The van der Waals surface area contributed by atoms with Gasteiger partial charge in [-0.15, -0.1) is 0 Å². The maximum atomic E-state index is 13.9. The van der Waals surface area contributed by atoms with Gasteiger partial charge in [0.15, 0.2) is 5.43 Å². The monoisotopic (exact) mass is 503 g/mol. The molecule has 1 amide bonds. The van der Waals surface area contributed by atoms with E-state index in [-0.39, 0.29) is 32.3 Å². The maximum absolute atomic E-state index is 13.9. The first-order valence-electron chi connectivity index (χ1n) is 9.68. The van der Waals surface area contributed by atoms with Crippen LogP contribution in [0, 0.1) is 5.82 Å². The second-order valence-corrected chi connectivity index (χ2v) is 8.61. The van der Waals surface area contributed by atoms with E-state index < -0.39 is 23.2 Å². The zero-order valence-corrected chi connectivity index (χ0v) is 19.1. The van der Waals surface area contributed by atoms with Crippen LogP contribution in [-0.2, 0) is 0 Å². The highest BCUT2D eigenvalue weighted by Gasteiger charge is 2.44. The number of amides is 1. The van der Waals surface area contributed by atoms with Crippen molar-refractivity contribution in [1.29, 1.82) is 0 Å². The van der Waals surface area contributed by atoms with E-state index in [1.807, 2.05) is 0 Å². The molecule has 3 aromatic carbocycles. The average molecular weight is 505 g/mol. The molecule has 0 bridgehead atoms. The molecule has 5 rings (SSSR count). The average Bonchev–Trinajstić information content (AvgIpc) is 3.09. The Labute approximate surface area is 201 Å². The van der Waals surface area contributed by atoms with Crippen LogP contribution in [0.25, 0.3) is 11.0 Å². The molecule has 0 fully saturated rings. The molecule has 4 aromatic rings. The molecule has 0 aliphatic carbocycles. The van der Waals surface area contributed by atoms with Crippen LogP contribution in [0.2, 0.25) is 15.1 Å². The van der Waals surface area contributed by atoms with E-state index in [2.05, 4.69) is 0 Å². The molecule has 1 aromatic heterocycles. The Morgan fingerprint density at radius 3 is 2.42 bits per heavy atom. The van der Waals surface area contributed by atoms with Gasteiger partial charge in [0.05, 0.1) is 39.2 Å². The van der Waals surface area contributed by atoms with Crippen molar-refractivity contribution in [3.63, 3.8) is 0 Å². The first kappa shape index (κ1) is 21.8. The second kappa shape index (κ2) is 8.06. The summed E-state index contributed by atoms with van der Waals surface area (Å²) in [6.07, 6.45) is 0. The molecule has 2 heterocycles. The van der Waals surface area contributed by atoms with Crippen molar-refractivity contribution >= 4 is 57.4 Å². The Balaban J connectivity index is 1.81. The van der Waals surface area contributed by atoms with Gasteiger partial charge in [-0.05, 0) is 54.1 Å². The number of hydrogen-bond acceptors (Lipinski definition) is 4. The van der Waals surface area contributed by atoms with Crippen molar-refractivity contribution in [2.75, 3.05) is 12.0 Å². The van der Waals surface area contributed by atoms with Crippen LogP contribution < -0.4 is 15.1 Å². The van der Waals surface area contributed by atoms with Gasteiger partial charge in [-0.25, -0.2) is 4.39 Å². The highest BCUT2D eigenvalue weighted by atomic mass is 35.5. The third kappa shape index (κ3) is 3.46. The summed E-state index contributed by atoms with van der Waals surface area (Å²) >= 11 is 18.6. The van der Waals surface area contributed by atoms with Crippen molar-refractivity contribution in [2.45, 2.75) is 6.04 Å². The van der Waals surface area contributed by atoms with Gasteiger partial charge in [-0.2, -0.15) is 0 Å². The Bertz CT molecular complexity index is 1520. The third-order valence-corrected chi connectivity index (χ3v) is 6.54. The van der Waals surface area contributed by atoms with Gasteiger partial charge in [0.1, 0.15) is 17.1 Å². The second-order valence-electron chi connectivity index (χ2n) is 7.38. The minimum atomic E-state index is -0.907. The Morgan fingerprint density at radius 2 is 1.73 bits per heavy atom. The summed E-state index contributed by atoms with van der Waals surface area (Å²) in [6, 6.07) is 12.3. The van der Waals surface area contributed by atoms with E-state index in [9.17, 15) is 14.0 Å². The van der Waals surface area contributed by atoms with E-state index in [0.717, 1.165) is 12.1 Å². The molecule has 0 saturated heterocycles. The molecule has 1 atom stereocenters. The number of ether oxygens (including phenoxy) is 1. The van der Waals surface area contributed by atoms with Crippen LogP contribution in [0.3, 0.4) is 0 Å². The predicted molar refractivity (Wildman–Crippen MR) is 126 cm³/mol. The van der Waals surface area contributed by atoms with E-state index in [1.165, 1.54) is 18.1 Å². The number of rotatable bonds is 3. The molecule has 1 unspecified atom stereocenters. The zero-order chi connectivity index (χ0) is 23.4. The van der Waals surface area contributed by atoms with Crippen molar-refractivity contribution < 1.29 is 18.3 Å². The lowest BCUT2D eigenvalue weighted by molar-refractivity contribution is 0.0971. The standard InChI is InChI=1S/C24H13Cl3FNO4/c1-32-19-7-4-13(10-17(19)27)29-21(11-2-5-15(25)16(26)8-11)20-22(30)14-9-12(28)3-6-18(14)33-23(20)24(29)31/h2-10,21H,1H3. The first-order chi connectivity index (χ1) is 15.8. The normalized spacial score (nSPS) is 15.2. The minimum absolute atomic E-state index is 0.0289. The van der Waals surface area contributed by atoms with Gasteiger partial charge in [0.2, 0.25) is 5.76 Å². The van der Waals surface area contributed by atoms with Crippen molar-refractivity contribution in [1.82, 2.24) is 0 Å². The van der Waals surface area contributed by atoms with E-state index in [0.29, 0.717) is 22.0 Å². The van der Waals surface area contributed by atoms with Gasteiger partial charge in [-0.3, -0.25) is 14.5 Å². The molecule has 0 N–H and O–H groups in total. The molecule has 0 saturated carbocycles. The lowest BCUT2D eigenvalue weighted by Crippen LogP contribution is -2.29. The van der Waals surface area contributed by atoms with Gasteiger partial charge < -0.3 is 9.15 Å². The SMILES string of the molecule is COc1ccc(N2C(=O)c3oc4ccc(F)cc4c(=O)c3C2c2ccc(Cl)c(Cl)c2)cc1Cl. The number of carbonyl (C=O) groups is 1. The van der Waals surface area contributed by atoms with Crippen LogP contribution in [0.1, 0.15) is 27.7 Å². The van der Waals surface area contributed by atoms with Crippen LogP contribution in [0.5, 0.6) is 5.75 Å². The fourth-order valence-corrected chi connectivity index (χ4v) is 4.57. The molecule has 33 heavy (non-hydrogen) atoms. The summed E-state index contributed by atoms with van der Waals surface area (Å²) in [4.78, 5) is 28.4. The molecule has 9 heteroatoms. The number of halogens is 4. The molecule has 166 valence electrons. The lowest BCUT2D eigenvalue weighted by atomic mass is 9.98. The molecule has 1 aliphatic heterocycles. The fourth-order valence-electron chi connectivity index (χ4n) is 4.01. The molecule has 5 nitrogen and oxygen atoms in total. The highest BCUT2D eigenvalue weighted by molar-refractivity contribution is 6.42. The number of benzene rings is 3. The van der Waals surface area contributed by atoms with E-state index >= 15 is 0 Å². The Kier molecular flexibility index (Phi) is 5.32. The van der Waals surface area contributed by atoms with E-state index in [1.54, 1.807) is 36.4 Å². The summed E-state index contributed by atoms with van der Waals surface area (Å²) in [5.41, 5.74) is 0.589. The molecular formula is C24H13Cl3FNO4. The topological polar surface area (TPSA) is 59.8 Å². The van der Waals surface area contributed by atoms with Crippen LogP contribution in [0.4, 0.5) is 10.1 Å². The van der Waals surface area contributed by atoms with Crippen LogP contribution in [0.15, 0.2) is 63.8 Å². The summed E-state index contributed by atoms with van der Waals surface area (Å²) < 4.78 is 24.9. The van der Waals surface area contributed by atoms with E-state index in [4.69, 9.17) is 44.0 Å². The number of fused-ring (bicyclic) bond motifs is 2. The largest absolute Gasteiger partial charge is 0.495 e. The van der Waals surface area contributed by atoms with Crippen molar-refractivity contribution in [3.05, 3.63) is 103 Å². The van der Waals surface area contributed by atoms with Gasteiger partial charge >= 0.3 is 0 Å². The molecule has 1 aliphatic rings. The number of hydrogen-bond donors (Lipinski definition) is 0. The van der Waals surface area contributed by atoms with Crippen molar-refractivity contribution in [3.8, 4) is 5.75 Å². The van der Waals surface area contributed by atoms with Crippen LogP contribution in [-0.4, -0.2) is 13.0 Å². The van der Waals surface area contributed by atoms with Gasteiger partial charge in [0.25, 0.3) is 5.91 Å². The Hall–Kier alpha value is -3.06. The summed E-state index contributed by atoms with van der Waals surface area (Å²) in [7, 11) is 1.48. The fraction of sp³-hybridized carbons (Fsp3) is 0.0833. The van der Waals surface area contributed by atoms with Crippen LogP contribution >= 0.6 is 34.8 Å². The molecule has 0 spiro atoms. The lowest BCUT2D eigenvalue weighted by Gasteiger charge is -2.26. The molecular weight excluding hydrogens is 492 g/mol.